The number of hydrogen-bond donors (Lipinski definition) is 0. The molecule has 3 heterocycles. The Balaban J connectivity index is 1.86. The summed E-state index contributed by atoms with van der Waals surface area (Å²) in [7, 11) is -1.76. The maximum atomic E-state index is 13.2. The lowest BCUT2D eigenvalue weighted by atomic mass is 10.1. The number of carbonyl (C=O) groups is 1. The van der Waals surface area contributed by atoms with Crippen molar-refractivity contribution in [3.63, 3.8) is 0 Å². The van der Waals surface area contributed by atoms with E-state index < -0.39 is 10.0 Å². The van der Waals surface area contributed by atoms with Crippen molar-refractivity contribution < 1.29 is 22.4 Å². The van der Waals surface area contributed by atoms with Crippen LogP contribution in [0, 0.1) is 6.92 Å². The van der Waals surface area contributed by atoms with Crippen LogP contribution in [0.15, 0.2) is 15.5 Å². The maximum Gasteiger partial charge on any atom is 0.265 e. The van der Waals surface area contributed by atoms with Crippen molar-refractivity contribution in [1.82, 2.24) is 18.8 Å². The predicted molar refractivity (Wildman–Crippen MR) is 106 cm³/mol. The number of aromatic nitrogens is 2. The van der Waals surface area contributed by atoms with Crippen LogP contribution in [0.2, 0.25) is 0 Å². The number of fused-ring (bicyclic) bond motifs is 1. The molecule has 0 saturated carbocycles. The normalized spacial score (nSPS) is 15.9. The minimum absolute atomic E-state index is 0.0963. The lowest BCUT2D eigenvalue weighted by Gasteiger charge is -2.34. The first-order chi connectivity index (χ1) is 13.8. The van der Waals surface area contributed by atoms with Crippen molar-refractivity contribution in [2.45, 2.75) is 26.8 Å². The molecule has 2 aromatic heterocycles. The molecule has 0 atom stereocenters. The summed E-state index contributed by atoms with van der Waals surface area (Å²) in [5, 5.41) is 0.145. The van der Waals surface area contributed by atoms with Crippen LogP contribution in [-0.4, -0.2) is 78.7 Å². The first-order valence-corrected chi connectivity index (χ1v) is 11.2. The topological polar surface area (TPSA) is 115 Å². The summed E-state index contributed by atoms with van der Waals surface area (Å²) in [6, 6.07) is 0. The summed E-state index contributed by atoms with van der Waals surface area (Å²) in [4.78, 5) is 31.7. The third-order valence-electron chi connectivity index (χ3n) is 4.99. The fourth-order valence-electron chi connectivity index (χ4n) is 3.46. The van der Waals surface area contributed by atoms with E-state index in [4.69, 9.17) is 9.15 Å². The number of hydrogen-bond acceptors (Lipinski definition) is 7. The number of furan rings is 1. The van der Waals surface area contributed by atoms with Gasteiger partial charge in [0.25, 0.3) is 11.5 Å². The van der Waals surface area contributed by atoms with Crippen LogP contribution in [0.3, 0.4) is 0 Å². The number of piperazine rings is 1. The first kappa shape index (κ1) is 21.5. The fourth-order valence-corrected chi connectivity index (χ4v) is 4.95. The van der Waals surface area contributed by atoms with Gasteiger partial charge in [-0.3, -0.25) is 14.2 Å². The highest BCUT2D eigenvalue weighted by Crippen LogP contribution is 2.23. The number of aryl methyl sites for hydroxylation is 1. The molecule has 0 bridgehead atoms. The monoisotopic (exact) mass is 426 g/mol. The van der Waals surface area contributed by atoms with E-state index in [1.54, 1.807) is 11.8 Å². The number of methoxy groups -OCH3 is 1. The molecular formula is C18H26N4O6S. The number of carbonyl (C=O) groups excluding carboxylic acids is 1. The highest BCUT2D eigenvalue weighted by atomic mass is 32.2. The minimum atomic E-state index is -3.30. The highest BCUT2D eigenvalue weighted by molar-refractivity contribution is 7.89. The Kier molecular flexibility index (Phi) is 6.39. The SMILES string of the molecule is CCCS(=O)(=O)N1CCN(C(=O)c2c(C)oc3ncn(CCOC)c(=O)c23)CC1. The van der Waals surface area contributed by atoms with Gasteiger partial charge in [0, 0.05) is 33.3 Å². The van der Waals surface area contributed by atoms with Gasteiger partial charge in [0.2, 0.25) is 15.7 Å². The maximum absolute atomic E-state index is 13.2. The molecule has 1 fully saturated rings. The summed E-state index contributed by atoms with van der Waals surface area (Å²) in [5.41, 5.74) is -0.0563. The summed E-state index contributed by atoms with van der Waals surface area (Å²) in [6.07, 6.45) is 1.92. The van der Waals surface area contributed by atoms with Crippen LogP contribution in [0.5, 0.6) is 0 Å². The number of sulfonamides is 1. The van der Waals surface area contributed by atoms with Gasteiger partial charge in [-0.25, -0.2) is 13.4 Å². The smallest absolute Gasteiger partial charge is 0.265 e. The fraction of sp³-hybridized carbons (Fsp3) is 0.611. The molecule has 0 unspecified atom stereocenters. The molecule has 2 aromatic rings. The molecule has 0 spiro atoms. The van der Waals surface area contributed by atoms with Gasteiger partial charge >= 0.3 is 0 Å². The van der Waals surface area contributed by atoms with Crippen LogP contribution < -0.4 is 5.56 Å². The van der Waals surface area contributed by atoms with Gasteiger partial charge in [-0.15, -0.1) is 0 Å². The molecule has 1 saturated heterocycles. The highest BCUT2D eigenvalue weighted by Gasteiger charge is 2.32. The molecule has 10 nitrogen and oxygen atoms in total. The Bertz CT molecular complexity index is 1050. The van der Waals surface area contributed by atoms with Crippen molar-refractivity contribution in [2.75, 3.05) is 45.6 Å². The van der Waals surface area contributed by atoms with Crippen LogP contribution in [0.25, 0.3) is 11.1 Å². The summed E-state index contributed by atoms with van der Waals surface area (Å²) in [5.74, 6) is 0.0661. The summed E-state index contributed by atoms with van der Waals surface area (Å²) >= 11 is 0. The predicted octanol–water partition coefficient (Wildman–Crippen LogP) is 0.442. The number of rotatable bonds is 7. The second kappa shape index (κ2) is 8.64. The molecule has 1 aliphatic rings. The minimum Gasteiger partial charge on any atom is -0.442 e. The molecule has 1 aliphatic heterocycles. The lowest BCUT2D eigenvalue weighted by molar-refractivity contribution is 0.0697. The van der Waals surface area contributed by atoms with Crippen LogP contribution in [0.1, 0.15) is 29.5 Å². The molecule has 0 N–H and O–H groups in total. The second-order valence-electron chi connectivity index (χ2n) is 6.96. The zero-order valence-corrected chi connectivity index (χ0v) is 17.7. The molecule has 1 amide bonds. The standard InChI is InChI=1S/C18H26N4O6S/c1-4-11-29(25,26)22-7-5-20(6-8-22)17(23)14-13(2)28-16-15(14)18(24)21(12-19-16)9-10-27-3/h12H,4-11H2,1-3H3. The van der Waals surface area contributed by atoms with Crippen LogP contribution in [0.4, 0.5) is 0 Å². The van der Waals surface area contributed by atoms with Gasteiger partial charge in [0.15, 0.2) is 0 Å². The number of nitrogens with zero attached hydrogens (tertiary/aromatic N) is 4. The first-order valence-electron chi connectivity index (χ1n) is 9.54. The van der Waals surface area contributed by atoms with E-state index in [2.05, 4.69) is 4.98 Å². The molecule has 11 heteroatoms. The Hall–Kier alpha value is -2.24. The summed E-state index contributed by atoms with van der Waals surface area (Å²) < 4.78 is 37.8. The molecule has 160 valence electrons. The molecule has 3 rings (SSSR count). The van der Waals surface area contributed by atoms with Gasteiger partial charge in [-0.05, 0) is 13.3 Å². The Morgan fingerprint density at radius 3 is 2.59 bits per heavy atom. The third kappa shape index (κ3) is 4.21. The van der Waals surface area contributed by atoms with Crippen molar-refractivity contribution in [3.8, 4) is 0 Å². The largest absolute Gasteiger partial charge is 0.442 e. The molecule has 0 radical (unpaired) electrons. The van der Waals surface area contributed by atoms with E-state index in [1.165, 1.54) is 22.3 Å². The molecule has 0 aliphatic carbocycles. The number of amides is 1. The molecule has 29 heavy (non-hydrogen) atoms. The van der Waals surface area contributed by atoms with Gasteiger partial charge in [0.05, 0.1) is 24.5 Å². The van der Waals surface area contributed by atoms with E-state index >= 15 is 0 Å². The quantitative estimate of drug-likeness (QED) is 0.631. The van der Waals surface area contributed by atoms with E-state index in [0.29, 0.717) is 25.3 Å². The van der Waals surface area contributed by atoms with E-state index in [9.17, 15) is 18.0 Å². The van der Waals surface area contributed by atoms with E-state index in [0.717, 1.165) is 0 Å². The average Bonchev–Trinajstić information content (AvgIpc) is 3.04. The van der Waals surface area contributed by atoms with Crippen molar-refractivity contribution in [3.05, 3.63) is 28.0 Å². The van der Waals surface area contributed by atoms with Crippen LogP contribution in [-0.2, 0) is 21.3 Å². The Labute approximate surface area is 169 Å². The van der Waals surface area contributed by atoms with Crippen LogP contribution >= 0.6 is 0 Å². The summed E-state index contributed by atoms with van der Waals surface area (Å²) in [6.45, 7) is 5.06. The van der Waals surface area contributed by atoms with E-state index in [1.807, 2.05) is 6.92 Å². The Morgan fingerprint density at radius 1 is 1.28 bits per heavy atom. The average molecular weight is 426 g/mol. The lowest BCUT2D eigenvalue weighted by Crippen LogP contribution is -2.51. The van der Waals surface area contributed by atoms with Crippen molar-refractivity contribution in [1.29, 1.82) is 0 Å². The second-order valence-corrected chi connectivity index (χ2v) is 9.05. The van der Waals surface area contributed by atoms with E-state index in [-0.39, 0.29) is 60.1 Å². The van der Waals surface area contributed by atoms with Gasteiger partial charge in [0.1, 0.15) is 17.5 Å². The van der Waals surface area contributed by atoms with Gasteiger partial charge in [-0.1, -0.05) is 6.92 Å². The zero-order chi connectivity index (χ0) is 21.2. The number of ether oxygens (including phenoxy) is 1. The van der Waals surface area contributed by atoms with Crippen molar-refractivity contribution in [2.24, 2.45) is 0 Å². The molecular weight excluding hydrogens is 400 g/mol. The van der Waals surface area contributed by atoms with Gasteiger partial charge in [-0.2, -0.15) is 4.31 Å². The molecule has 0 aromatic carbocycles. The van der Waals surface area contributed by atoms with Gasteiger partial charge < -0.3 is 14.1 Å². The third-order valence-corrected chi connectivity index (χ3v) is 7.06. The van der Waals surface area contributed by atoms with Crippen molar-refractivity contribution >= 4 is 27.0 Å². The zero-order valence-electron chi connectivity index (χ0n) is 16.9. The Morgan fingerprint density at radius 2 is 1.97 bits per heavy atom.